The molecule has 0 radical (unpaired) electrons. The Balaban J connectivity index is 2.26. The van der Waals surface area contributed by atoms with Crippen molar-refractivity contribution in [3.05, 3.63) is 71.8 Å². The second-order valence-corrected chi connectivity index (χ2v) is 9.55. The summed E-state index contributed by atoms with van der Waals surface area (Å²) in [5.74, 6) is -5.28. The molecular formula is C28H37N7O7. The smallest absolute Gasteiger partial charge is 0.326 e. The highest BCUT2D eigenvalue weighted by molar-refractivity contribution is 5.95. The lowest BCUT2D eigenvalue weighted by Crippen LogP contribution is -2.58. The minimum atomic E-state index is -1.72. The van der Waals surface area contributed by atoms with Gasteiger partial charge in [0.1, 0.15) is 18.1 Å². The average Bonchev–Trinajstić information content (AvgIpc) is 2.94. The summed E-state index contributed by atoms with van der Waals surface area (Å²) in [4.78, 5) is 66.1. The standard InChI is InChI=1S/C28H37N7O7/c29-19(12-7-13-32-28(30)31)24(38)33-20(14-17-8-3-1-4-9-17)25(39)34-21(15-18-10-5-2-6-11-18)26(40)35-22(27(41)42)16-23(36)37/h1-6,8-11,19-22H,7,12-16,29H2,(H,33,38)(H,34,39)(H,35,40)(H,36,37)(H,41,42)(H4,30,31,32). The predicted octanol–water partition coefficient (Wildman–Crippen LogP) is -1.13. The normalized spacial score (nSPS) is 13.5. The van der Waals surface area contributed by atoms with Crippen LogP contribution >= 0.6 is 0 Å². The fraction of sp³-hybridized carbons (Fsp3) is 0.357. The minimum absolute atomic E-state index is 0.0336. The number of nitrogens with zero attached hydrogens (tertiary/aromatic N) is 1. The summed E-state index contributed by atoms with van der Waals surface area (Å²) in [7, 11) is 0. The molecule has 0 spiro atoms. The molecule has 226 valence electrons. The number of carboxylic acids is 2. The zero-order valence-corrected chi connectivity index (χ0v) is 22.9. The Morgan fingerprint density at radius 3 is 1.60 bits per heavy atom. The van der Waals surface area contributed by atoms with Gasteiger partial charge in [0.05, 0.1) is 12.5 Å². The van der Waals surface area contributed by atoms with E-state index in [0.717, 1.165) is 5.56 Å². The summed E-state index contributed by atoms with van der Waals surface area (Å²) in [5, 5.41) is 25.9. The minimum Gasteiger partial charge on any atom is -0.481 e. The molecule has 2 aromatic rings. The Bertz CT molecular complexity index is 1240. The first-order valence-electron chi connectivity index (χ1n) is 13.2. The number of nitrogens with one attached hydrogen (secondary N) is 3. The zero-order valence-electron chi connectivity index (χ0n) is 22.9. The van der Waals surface area contributed by atoms with E-state index in [1.54, 1.807) is 60.7 Å². The van der Waals surface area contributed by atoms with Crippen molar-refractivity contribution in [3.8, 4) is 0 Å². The van der Waals surface area contributed by atoms with Gasteiger partial charge in [-0.05, 0) is 24.0 Å². The maximum atomic E-state index is 13.5. The number of guanidine groups is 1. The number of rotatable bonds is 17. The van der Waals surface area contributed by atoms with Gasteiger partial charge in [0.2, 0.25) is 17.7 Å². The van der Waals surface area contributed by atoms with E-state index in [2.05, 4.69) is 20.9 Å². The Morgan fingerprint density at radius 2 is 1.17 bits per heavy atom. The number of amides is 3. The maximum absolute atomic E-state index is 13.5. The van der Waals surface area contributed by atoms with Gasteiger partial charge in [0.25, 0.3) is 0 Å². The number of carboxylic acid groups (broad SMARTS) is 2. The number of nitrogens with two attached hydrogens (primary N) is 3. The van der Waals surface area contributed by atoms with Crippen molar-refractivity contribution in [2.24, 2.45) is 22.2 Å². The Kier molecular flexibility index (Phi) is 13.4. The molecule has 14 nitrogen and oxygen atoms in total. The molecule has 2 rings (SSSR count). The number of aliphatic carboxylic acids is 2. The molecule has 0 bridgehead atoms. The van der Waals surface area contributed by atoms with Crippen LogP contribution in [0, 0.1) is 0 Å². The van der Waals surface area contributed by atoms with Crippen molar-refractivity contribution >= 4 is 35.6 Å². The van der Waals surface area contributed by atoms with Crippen molar-refractivity contribution in [1.82, 2.24) is 16.0 Å². The van der Waals surface area contributed by atoms with E-state index in [1.165, 1.54) is 0 Å². The zero-order chi connectivity index (χ0) is 31.1. The highest BCUT2D eigenvalue weighted by Crippen LogP contribution is 2.08. The lowest BCUT2D eigenvalue weighted by molar-refractivity contribution is -0.147. The molecule has 2 aromatic carbocycles. The lowest BCUT2D eigenvalue weighted by atomic mass is 10.0. The second kappa shape index (κ2) is 17.0. The topological polar surface area (TPSA) is 252 Å². The summed E-state index contributed by atoms with van der Waals surface area (Å²) in [6.07, 6.45) is -0.172. The van der Waals surface area contributed by atoms with Crippen LogP contribution < -0.4 is 33.2 Å². The van der Waals surface area contributed by atoms with Gasteiger partial charge in [0.15, 0.2) is 5.96 Å². The number of hydrogen-bond acceptors (Lipinski definition) is 7. The van der Waals surface area contributed by atoms with Crippen molar-refractivity contribution < 1.29 is 34.2 Å². The van der Waals surface area contributed by atoms with E-state index in [1.807, 2.05) is 0 Å². The molecule has 3 amide bonds. The van der Waals surface area contributed by atoms with Crippen LogP contribution in [0.15, 0.2) is 65.7 Å². The first-order chi connectivity index (χ1) is 20.0. The van der Waals surface area contributed by atoms with Crippen LogP contribution in [0.1, 0.15) is 30.4 Å². The third kappa shape index (κ3) is 12.0. The fourth-order valence-electron chi connectivity index (χ4n) is 3.97. The van der Waals surface area contributed by atoms with Gasteiger partial charge in [0, 0.05) is 19.4 Å². The van der Waals surface area contributed by atoms with Gasteiger partial charge < -0.3 is 43.4 Å². The lowest BCUT2D eigenvalue weighted by Gasteiger charge is -2.25. The van der Waals surface area contributed by atoms with E-state index in [4.69, 9.17) is 22.3 Å². The molecule has 42 heavy (non-hydrogen) atoms. The molecule has 11 N–H and O–H groups in total. The molecule has 4 atom stereocenters. The van der Waals surface area contributed by atoms with E-state index >= 15 is 0 Å². The van der Waals surface area contributed by atoms with Gasteiger partial charge in [-0.15, -0.1) is 0 Å². The predicted molar refractivity (Wildman–Crippen MR) is 154 cm³/mol. The Hall–Kier alpha value is -4.98. The van der Waals surface area contributed by atoms with Crippen molar-refractivity contribution in [1.29, 1.82) is 0 Å². The van der Waals surface area contributed by atoms with Crippen LogP contribution in [-0.2, 0) is 36.8 Å². The van der Waals surface area contributed by atoms with Crippen LogP contribution in [0.3, 0.4) is 0 Å². The third-order valence-electron chi connectivity index (χ3n) is 6.13. The fourth-order valence-corrected chi connectivity index (χ4v) is 3.97. The summed E-state index contributed by atoms with van der Waals surface area (Å²) in [5.41, 5.74) is 18.0. The monoisotopic (exact) mass is 583 g/mol. The van der Waals surface area contributed by atoms with Crippen LogP contribution in [0.4, 0.5) is 0 Å². The van der Waals surface area contributed by atoms with Crippen LogP contribution in [-0.4, -0.2) is 76.5 Å². The molecule has 0 aliphatic rings. The van der Waals surface area contributed by atoms with E-state index in [0.29, 0.717) is 12.0 Å². The van der Waals surface area contributed by atoms with Gasteiger partial charge in [-0.25, -0.2) is 4.79 Å². The highest BCUT2D eigenvalue weighted by Gasteiger charge is 2.31. The first kappa shape index (κ1) is 33.2. The van der Waals surface area contributed by atoms with Gasteiger partial charge in [-0.2, -0.15) is 0 Å². The third-order valence-corrected chi connectivity index (χ3v) is 6.13. The van der Waals surface area contributed by atoms with Crippen LogP contribution in [0.5, 0.6) is 0 Å². The quantitative estimate of drug-likeness (QED) is 0.0631. The molecule has 4 unspecified atom stereocenters. The molecule has 0 saturated carbocycles. The largest absolute Gasteiger partial charge is 0.481 e. The maximum Gasteiger partial charge on any atom is 0.326 e. The summed E-state index contributed by atoms with van der Waals surface area (Å²) in [6, 6.07) is 12.3. The number of benzene rings is 2. The molecule has 0 aromatic heterocycles. The SMILES string of the molecule is NC(N)=NCCCC(N)C(=O)NC(Cc1ccccc1)C(=O)NC(Cc1ccccc1)C(=O)NC(CC(=O)O)C(=O)O. The van der Waals surface area contributed by atoms with E-state index < -0.39 is 60.2 Å². The van der Waals surface area contributed by atoms with Crippen LogP contribution in [0.2, 0.25) is 0 Å². The molecule has 0 aliphatic heterocycles. The number of aliphatic imine (C=N–C) groups is 1. The summed E-state index contributed by atoms with van der Waals surface area (Å²) < 4.78 is 0. The van der Waals surface area contributed by atoms with Crippen molar-refractivity contribution in [2.75, 3.05) is 6.54 Å². The second-order valence-electron chi connectivity index (χ2n) is 9.55. The van der Waals surface area contributed by atoms with Crippen molar-refractivity contribution in [3.63, 3.8) is 0 Å². The van der Waals surface area contributed by atoms with E-state index in [-0.39, 0.29) is 31.8 Å². The molecule has 0 aliphatic carbocycles. The first-order valence-corrected chi connectivity index (χ1v) is 13.2. The number of hydrogen-bond donors (Lipinski definition) is 8. The summed E-state index contributed by atoms with van der Waals surface area (Å²) >= 11 is 0. The molecular weight excluding hydrogens is 546 g/mol. The molecule has 0 saturated heterocycles. The number of carbonyl (C=O) groups is 5. The average molecular weight is 584 g/mol. The summed E-state index contributed by atoms with van der Waals surface area (Å²) in [6.45, 7) is 0.271. The molecule has 0 heterocycles. The van der Waals surface area contributed by atoms with Crippen molar-refractivity contribution in [2.45, 2.75) is 56.3 Å². The number of carbonyl (C=O) groups excluding carboxylic acids is 3. The van der Waals surface area contributed by atoms with Gasteiger partial charge in [-0.1, -0.05) is 60.7 Å². The highest BCUT2D eigenvalue weighted by atomic mass is 16.4. The Labute approximate surface area is 242 Å². The molecule has 0 fully saturated rings. The van der Waals surface area contributed by atoms with E-state index in [9.17, 15) is 29.1 Å². The van der Waals surface area contributed by atoms with Gasteiger partial charge in [-0.3, -0.25) is 24.2 Å². The van der Waals surface area contributed by atoms with Crippen LogP contribution in [0.25, 0.3) is 0 Å². The van der Waals surface area contributed by atoms with Gasteiger partial charge >= 0.3 is 11.9 Å². The molecule has 14 heteroatoms. The Morgan fingerprint density at radius 1 is 0.714 bits per heavy atom.